The lowest BCUT2D eigenvalue weighted by molar-refractivity contribution is -0.138. The molecule has 1 aliphatic rings. The molecule has 0 bridgehead atoms. The van der Waals surface area contributed by atoms with Gasteiger partial charge in [0.1, 0.15) is 6.54 Å². The molecule has 0 heterocycles. The van der Waals surface area contributed by atoms with E-state index < -0.39 is 5.97 Å². The zero-order chi connectivity index (χ0) is 14.7. The number of carboxylic acids is 1. The molecule has 0 aliphatic heterocycles. The first kappa shape index (κ1) is 14.9. The minimum atomic E-state index is -0.975. The van der Waals surface area contributed by atoms with Crippen LogP contribution in [0.1, 0.15) is 41.6 Å². The van der Waals surface area contributed by atoms with Crippen LogP contribution in [0.15, 0.2) is 18.2 Å². The summed E-state index contributed by atoms with van der Waals surface area (Å²) in [6.45, 7) is 1.57. The highest BCUT2D eigenvalue weighted by molar-refractivity contribution is 6.30. The molecule has 108 valence electrons. The van der Waals surface area contributed by atoms with Gasteiger partial charge < -0.3 is 10.0 Å². The van der Waals surface area contributed by atoms with E-state index in [9.17, 15) is 9.59 Å². The molecule has 1 N–H and O–H groups in total. The minimum Gasteiger partial charge on any atom is -0.480 e. The molecular formula is C15H18ClNO3. The zero-order valence-corrected chi connectivity index (χ0v) is 12.2. The van der Waals surface area contributed by atoms with Crippen LogP contribution >= 0.6 is 11.6 Å². The number of carbonyl (C=O) groups excluding carboxylic acids is 1. The van der Waals surface area contributed by atoms with Gasteiger partial charge in [-0.05, 0) is 43.5 Å². The molecule has 0 spiro atoms. The van der Waals surface area contributed by atoms with Crippen molar-refractivity contribution < 1.29 is 14.7 Å². The number of hydrogen-bond acceptors (Lipinski definition) is 2. The molecule has 0 atom stereocenters. The van der Waals surface area contributed by atoms with Gasteiger partial charge in [-0.15, -0.1) is 0 Å². The fourth-order valence-corrected chi connectivity index (χ4v) is 2.98. The molecule has 5 heteroatoms. The van der Waals surface area contributed by atoms with Crippen LogP contribution < -0.4 is 0 Å². The molecule has 0 radical (unpaired) electrons. The monoisotopic (exact) mass is 295 g/mol. The van der Waals surface area contributed by atoms with Gasteiger partial charge in [0.05, 0.1) is 0 Å². The molecule has 0 unspecified atom stereocenters. The minimum absolute atomic E-state index is 0.0358. The maximum absolute atomic E-state index is 12.6. The third-order valence-electron chi connectivity index (χ3n) is 3.75. The first-order valence-corrected chi connectivity index (χ1v) is 7.15. The Balaban J connectivity index is 2.27. The summed E-state index contributed by atoms with van der Waals surface area (Å²) in [4.78, 5) is 25.1. The van der Waals surface area contributed by atoms with E-state index in [1.54, 1.807) is 18.2 Å². The first-order chi connectivity index (χ1) is 9.49. The van der Waals surface area contributed by atoms with E-state index >= 15 is 0 Å². The fraction of sp³-hybridized carbons (Fsp3) is 0.467. The lowest BCUT2D eigenvalue weighted by atomic mass is 10.1. The molecule has 2 rings (SSSR count). The molecule has 1 saturated carbocycles. The van der Waals surface area contributed by atoms with Crippen LogP contribution in [0.3, 0.4) is 0 Å². The third kappa shape index (κ3) is 3.31. The molecule has 1 aromatic rings. The summed E-state index contributed by atoms with van der Waals surface area (Å²) in [7, 11) is 0. The van der Waals surface area contributed by atoms with Gasteiger partial charge in [-0.25, -0.2) is 0 Å². The summed E-state index contributed by atoms with van der Waals surface area (Å²) >= 11 is 5.89. The van der Waals surface area contributed by atoms with E-state index in [4.69, 9.17) is 16.7 Å². The predicted octanol–water partition coefficient (Wildman–Crippen LogP) is 3.12. The SMILES string of the molecule is Cc1cc(Cl)ccc1C(=O)N(CC(=O)O)C1CCCC1. The van der Waals surface area contributed by atoms with Crippen LogP contribution in [0.25, 0.3) is 0 Å². The second-order valence-corrected chi connectivity index (χ2v) is 5.66. The summed E-state index contributed by atoms with van der Waals surface area (Å²) in [5, 5.41) is 9.61. The maximum Gasteiger partial charge on any atom is 0.323 e. The Morgan fingerprint density at radius 3 is 2.55 bits per heavy atom. The summed E-state index contributed by atoms with van der Waals surface area (Å²) < 4.78 is 0. The molecule has 1 aliphatic carbocycles. The zero-order valence-electron chi connectivity index (χ0n) is 11.4. The number of halogens is 1. The summed E-state index contributed by atoms with van der Waals surface area (Å²) in [5.74, 6) is -1.19. The molecule has 0 aromatic heterocycles. The van der Waals surface area contributed by atoms with Gasteiger partial charge in [-0.3, -0.25) is 9.59 Å². The Hall–Kier alpha value is -1.55. The van der Waals surface area contributed by atoms with Gasteiger partial charge in [-0.1, -0.05) is 24.4 Å². The van der Waals surface area contributed by atoms with Gasteiger partial charge in [0.25, 0.3) is 5.91 Å². The molecular weight excluding hydrogens is 278 g/mol. The van der Waals surface area contributed by atoms with Gasteiger partial charge in [0.2, 0.25) is 0 Å². The fourth-order valence-electron chi connectivity index (χ4n) is 2.75. The number of amides is 1. The van der Waals surface area contributed by atoms with Crippen molar-refractivity contribution in [1.29, 1.82) is 0 Å². The highest BCUT2D eigenvalue weighted by Gasteiger charge is 2.29. The highest BCUT2D eigenvalue weighted by atomic mass is 35.5. The Bertz CT molecular complexity index is 524. The van der Waals surface area contributed by atoms with Crippen LogP contribution in [-0.2, 0) is 4.79 Å². The summed E-state index contributed by atoms with van der Waals surface area (Å²) in [5.41, 5.74) is 1.30. The second-order valence-electron chi connectivity index (χ2n) is 5.22. The smallest absolute Gasteiger partial charge is 0.323 e. The van der Waals surface area contributed by atoms with E-state index in [0.29, 0.717) is 10.6 Å². The van der Waals surface area contributed by atoms with E-state index in [-0.39, 0.29) is 18.5 Å². The van der Waals surface area contributed by atoms with Gasteiger partial charge in [-0.2, -0.15) is 0 Å². The van der Waals surface area contributed by atoms with Crippen molar-refractivity contribution in [2.75, 3.05) is 6.54 Å². The molecule has 20 heavy (non-hydrogen) atoms. The maximum atomic E-state index is 12.6. The quantitative estimate of drug-likeness (QED) is 0.928. The van der Waals surface area contributed by atoms with Gasteiger partial charge >= 0.3 is 5.97 Å². The van der Waals surface area contributed by atoms with Crippen molar-refractivity contribution in [1.82, 2.24) is 4.90 Å². The normalized spacial score (nSPS) is 15.3. The van der Waals surface area contributed by atoms with Gasteiger partial charge in [0.15, 0.2) is 0 Å². The van der Waals surface area contributed by atoms with Crippen LogP contribution in [0, 0.1) is 6.92 Å². The highest BCUT2D eigenvalue weighted by Crippen LogP contribution is 2.26. The summed E-state index contributed by atoms with van der Waals surface area (Å²) in [6, 6.07) is 5.09. The lowest BCUT2D eigenvalue weighted by Gasteiger charge is -2.28. The average molecular weight is 296 g/mol. The molecule has 1 fully saturated rings. The number of hydrogen-bond donors (Lipinski definition) is 1. The van der Waals surface area contributed by atoms with Crippen LogP contribution in [0.4, 0.5) is 0 Å². The number of benzene rings is 1. The Labute approximate surface area is 123 Å². The Morgan fingerprint density at radius 2 is 2.00 bits per heavy atom. The Kier molecular flexibility index (Phi) is 4.65. The topological polar surface area (TPSA) is 57.6 Å². The predicted molar refractivity (Wildman–Crippen MR) is 77.1 cm³/mol. The lowest BCUT2D eigenvalue weighted by Crippen LogP contribution is -2.42. The number of aryl methyl sites for hydroxylation is 1. The molecule has 4 nitrogen and oxygen atoms in total. The van der Waals surface area contributed by atoms with Gasteiger partial charge in [0, 0.05) is 16.6 Å². The van der Waals surface area contributed by atoms with E-state index in [0.717, 1.165) is 31.2 Å². The average Bonchev–Trinajstić information content (AvgIpc) is 2.88. The van der Waals surface area contributed by atoms with E-state index in [2.05, 4.69) is 0 Å². The van der Waals surface area contributed by atoms with Crippen molar-refractivity contribution in [2.24, 2.45) is 0 Å². The van der Waals surface area contributed by atoms with Crippen molar-refractivity contribution in [3.63, 3.8) is 0 Å². The molecule has 1 aromatic carbocycles. The number of nitrogens with zero attached hydrogens (tertiary/aromatic N) is 1. The standard InChI is InChI=1S/C15H18ClNO3/c1-10-8-11(16)6-7-13(10)15(20)17(9-14(18)19)12-4-2-3-5-12/h6-8,12H,2-5,9H2,1H3,(H,18,19). The molecule has 1 amide bonds. The van der Waals surface area contributed by atoms with E-state index in [1.165, 1.54) is 4.90 Å². The van der Waals surface area contributed by atoms with Crippen molar-refractivity contribution >= 4 is 23.5 Å². The largest absolute Gasteiger partial charge is 0.480 e. The van der Waals surface area contributed by atoms with E-state index in [1.807, 2.05) is 6.92 Å². The van der Waals surface area contributed by atoms with Crippen LogP contribution in [0.2, 0.25) is 5.02 Å². The third-order valence-corrected chi connectivity index (χ3v) is 3.99. The summed E-state index contributed by atoms with van der Waals surface area (Å²) in [6.07, 6.45) is 3.86. The van der Waals surface area contributed by atoms with Crippen molar-refractivity contribution in [3.05, 3.63) is 34.3 Å². The van der Waals surface area contributed by atoms with Crippen molar-refractivity contribution in [2.45, 2.75) is 38.6 Å². The number of carboxylic acid groups (broad SMARTS) is 1. The second kappa shape index (κ2) is 6.27. The molecule has 0 saturated heterocycles. The van der Waals surface area contributed by atoms with Crippen LogP contribution in [-0.4, -0.2) is 34.5 Å². The number of rotatable bonds is 4. The Morgan fingerprint density at radius 1 is 1.35 bits per heavy atom. The number of aliphatic carboxylic acids is 1. The van der Waals surface area contributed by atoms with Crippen LogP contribution in [0.5, 0.6) is 0 Å². The first-order valence-electron chi connectivity index (χ1n) is 6.78. The van der Waals surface area contributed by atoms with Crippen molar-refractivity contribution in [3.8, 4) is 0 Å². The number of carbonyl (C=O) groups is 2.